The maximum Gasteiger partial charge on any atom is 0.306 e. The average molecular weight is 250 g/mol. The van der Waals surface area contributed by atoms with Gasteiger partial charge in [0, 0.05) is 6.42 Å². The van der Waals surface area contributed by atoms with E-state index in [4.69, 9.17) is 9.47 Å². The fraction of sp³-hybridized carbons (Fsp3) is 0.533. The number of carbonyl (C=O) groups excluding carboxylic acids is 1. The number of hydrogen-bond acceptors (Lipinski definition) is 3. The molecule has 0 bridgehead atoms. The number of hydrogen-bond donors (Lipinski definition) is 0. The molecular formula is C15H22O3. The summed E-state index contributed by atoms with van der Waals surface area (Å²) < 4.78 is 10.2. The molecule has 0 radical (unpaired) electrons. The van der Waals surface area contributed by atoms with Gasteiger partial charge in [0.1, 0.15) is 5.75 Å². The van der Waals surface area contributed by atoms with Crippen molar-refractivity contribution in [2.45, 2.75) is 39.5 Å². The standard InChI is InChI=1S/C15H22O3/c1-4-6-13-11-14(17-3)9-7-12(13)8-10-15(16)18-5-2/h7,9,11H,4-6,8,10H2,1-3H3. The predicted octanol–water partition coefficient (Wildman–Crippen LogP) is 3.14. The maximum absolute atomic E-state index is 11.4. The second-order valence-electron chi connectivity index (χ2n) is 4.19. The summed E-state index contributed by atoms with van der Waals surface area (Å²) in [4.78, 5) is 11.4. The van der Waals surface area contributed by atoms with Crippen LogP contribution in [0.1, 0.15) is 37.8 Å². The number of aryl methyl sites for hydroxylation is 2. The summed E-state index contributed by atoms with van der Waals surface area (Å²) in [6.45, 7) is 4.42. The van der Waals surface area contributed by atoms with Crippen LogP contribution in [-0.4, -0.2) is 19.7 Å². The summed E-state index contributed by atoms with van der Waals surface area (Å²) in [6.07, 6.45) is 3.27. The first-order valence-electron chi connectivity index (χ1n) is 6.52. The molecule has 0 atom stereocenters. The Bertz CT molecular complexity index is 385. The highest BCUT2D eigenvalue weighted by molar-refractivity contribution is 5.69. The minimum Gasteiger partial charge on any atom is -0.497 e. The molecule has 0 aliphatic rings. The molecule has 0 saturated heterocycles. The van der Waals surface area contributed by atoms with Crippen LogP contribution >= 0.6 is 0 Å². The maximum atomic E-state index is 11.4. The van der Waals surface area contributed by atoms with Crippen molar-refractivity contribution in [1.82, 2.24) is 0 Å². The van der Waals surface area contributed by atoms with Crippen molar-refractivity contribution in [1.29, 1.82) is 0 Å². The first-order valence-corrected chi connectivity index (χ1v) is 6.52. The lowest BCUT2D eigenvalue weighted by molar-refractivity contribution is -0.143. The highest BCUT2D eigenvalue weighted by atomic mass is 16.5. The van der Waals surface area contributed by atoms with E-state index in [9.17, 15) is 4.79 Å². The van der Waals surface area contributed by atoms with Crippen LogP contribution in [0.3, 0.4) is 0 Å². The van der Waals surface area contributed by atoms with Crippen LogP contribution in [0.15, 0.2) is 18.2 Å². The van der Waals surface area contributed by atoms with E-state index in [0.29, 0.717) is 13.0 Å². The number of methoxy groups -OCH3 is 1. The van der Waals surface area contributed by atoms with Crippen LogP contribution in [0.4, 0.5) is 0 Å². The first-order chi connectivity index (χ1) is 8.71. The molecular weight excluding hydrogens is 228 g/mol. The number of carbonyl (C=O) groups is 1. The van der Waals surface area contributed by atoms with E-state index in [-0.39, 0.29) is 5.97 Å². The van der Waals surface area contributed by atoms with Gasteiger partial charge < -0.3 is 9.47 Å². The third kappa shape index (κ3) is 4.40. The number of ether oxygens (including phenoxy) is 2. The molecule has 0 saturated carbocycles. The van der Waals surface area contributed by atoms with Crippen molar-refractivity contribution in [3.05, 3.63) is 29.3 Å². The number of esters is 1. The van der Waals surface area contributed by atoms with E-state index >= 15 is 0 Å². The molecule has 0 heterocycles. The van der Waals surface area contributed by atoms with Crippen LogP contribution in [0, 0.1) is 0 Å². The van der Waals surface area contributed by atoms with E-state index < -0.39 is 0 Å². The van der Waals surface area contributed by atoms with Gasteiger partial charge in [-0.25, -0.2) is 0 Å². The molecule has 0 aromatic heterocycles. The molecule has 1 aromatic carbocycles. The molecule has 0 amide bonds. The van der Waals surface area contributed by atoms with E-state index in [0.717, 1.165) is 25.0 Å². The minimum absolute atomic E-state index is 0.129. The van der Waals surface area contributed by atoms with Crippen molar-refractivity contribution < 1.29 is 14.3 Å². The zero-order valence-electron chi connectivity index (χ0n) is 11.5. The van der Waals surface area contributed by atoms with Gasteiger partial charge in [-0.1, -0.05) is 19.4 Å². The van der Waals surface area contributed by atoms with Crippen LogP contribution in [0.2, 0.25) is 0 Å². The SMILES string of the molecule is CCCc1cc(OC)ccc1CCC(=O)OCC. The van der Waals surface area contributed by atoms with E-state index in [1.165, 1.54) is 11.1 Å². The minimum atomic E-state index is -0.129. The fourth-order valence-electron chi connectivity index (χ4n) is 1.95. The summed E-state index contributed by atoms with van der Waals surface area (Å²) in [5.41, 5.74) is 2.48. The highest BCUT2D eigenvalue weighted by Crippen LogP contribution is 2.20. The van der Waals surface area contributed by atoms with Gasteiger partial charge in [-0.3, -0.25) is 4.79 Å². The molecule has 3 nitrogen and oxygen atoms in total. The lowest BCUT2D eigenvalue weighted by Gasteiger charge is -2.10. The molecule has 0 aliphatic heterocycles. The molecule has 18 heavy (non-hydrogen) atoms. The van der Waals surface area contributed by atoms with Crippen molar-refractivity contribution in [2.75, 3.05) is 13.7 Å². The summed E-state index contributed by atoms with van der Waals surface area (Å²) in [5, 5.41) is 0. The Morgan fingerprint density at radius 3 is 2.56 bits per heavy atom. The first kappa shape index (κ1) is 14.6. The molecule has 1 rings (SSSR count). The zero-order chi connectivity index (χ0) is 13.4. The van der Waals surface area contributed by atoms with Gasteiger partial charge in [0.05, 0.1) is 13.7 Å². The fourth-order valence-corrected chi connectivity index (χ4v) is 1.95. The average Bonchev–Trinajstić information content (AvgIpc) is 2.38. The summed E-state index contributed by atoms with van der Waals surface area (Å²) in [5.74, 6) is 0.745. The van der Waals surface area contributed by atoms with Gasteiger partial charge in [-0.2, -0.15) is 0 Å². The predicted molar refractivity (Wildman–Crippen MR) is 71.9 cm³/mol. The number of benzene rings is 1. The lowest BCUT2D eigenvalue weighted by Crippen LogP contribution is -2.06. The Hall–Kier alpha value is -1.51. The third-order valence-electron chi connectivity index (χ3n) is 2.84. The number of rotatable bonds is 7. The van der Waals surface area contributed by atoms with Crippen LogP contribution < -0.4 is 4.74 Å². The van der Waals surface area contributed by atoms with E-state index in [1.54, 1.807) is 7.11 Å². The van der Waals surface area contributed by atoms with Crippen molar-refractivity contribution in [3.63, 3.8) is 0 Å². The van der Waals surface area contributed by atoms with Gasteiger partial charge in [0.15, 0.2) is 0 Å². The van der Waals surface area contributed by atoms with E-state index in [1.807, 2.05) is 19.1 Å². The van der Waals surface area contributed by atoms with Crippen LogP contribution in [0.5, 0.6) is 5.75 Å². The van der Waals surface area contributed by atoms with Crippen molar-refractivity contribution >= 4 is 5.97 Å². The molecule has 1 aromatic rings. The molecule has 0 unspecified atom stereocenters. The Labute approximate surface area is 109 Å². The molecule has 0 spiro atoms. The van der Waals surface area contributed by atoms with Gasteiger partial charge >= 0.3 is 5.97 Å². The van der Waals surface area contributed by atoms with Crippen molar-refractivity contribution in [3.8, 4) is 5.75 Å². The molecule has 3 heteroatoms. The quantitative estimate of drug-likeness (QED) is 0.697. The highest BCUT2D eigenvalue weighted by Gasteiger charge is 2.07. The van der Waals surface area contributed by atoms with Crippen molar-refractivity contribution in [2.24, 2.45) is 0 Å². The largest absolute Gasteiger partial charge is 0.497 e. The Morgan fingerprint density at radius 1 is 1.17 bits per heavy atom. The lowest BCUT2D eigenvalue weighted by atomic mass is 9.99. The molecule has 0 N–H and O–H groups in total. The third-order valence-corrected chi connectivity index (χ3v) is 2.84. The Morgan fingerprint density at radius 2 is 1.94 bits per heavy atom. The van der Waals surface area contributed by atoms with Crippen LogP contribution in [0.25, 0.3) is 0 Å². The second-order valence-corrected chi connectivity index (χ2v) is 4.19. The molecule has 0 fully saturated rings. The summed E-state index contributed by atoms with van der Waals surface area (Å²) >= 11 is 0. The van der Waals surface area contributed by atoms with Crippen LogP contribution in [-0.2, 0) is 22.4 Å². The molecule has 100 valence electrons. The second kappa shape index (κ2) is 7.75. The smallest absolute Gasteiger partial charge is 0.306 e. The Kier molecular flexibility index (Phi) is 6.26. The van der Waals surface area contributed by atoms with Gasteiger partial charge in [0.2, 0.25) is 0 Å². The topological polar surface area (TPSA) is 35.5 Å². The summed E-state index contributed by atoms with van der Waals surface area (Å²) in [6, 6.07) is 6.05. The van der Waals surface area contributed by atoms with Gasteiger partial charge in [0.25, 0.3) is 0 Å². The van der Waals surface area contributed by atoms with E-state index in [2.05, 4.69) is 13.0 Å². The zero-order valence-corrected chi connectivity index (χ0v) is 11.5. The normalized spacial score (nSPS) is 10.2. The van der Waals surface area contributed by atoms with Gasteiger partial charge in [-0.15, -0.1) is 0 Å². The molecule has 0 aliphatic carbocycles. The Balaban J connectivity index is 2.71. The van der Waals surface area contributed by atoms with Gasteiger partial charge in [-0.05, 0) is 43.0 Å². The summed E-state index contributed by atoms with van der Waals surface area (Å²) in [7, 11) is 1.67. The monoisotopic (exact) mass is 250 g/mol.